The largest absolute Gasteiger partial charge is 0.496 e. The lowest BCUT2D eigenvalue weighted by molar-refractivity contribution is 0.0702. The van der Waals surface area contributed by atoms with Crippen molar-refractivity contribution >= 4 is 5.91 Å². The maximum atomic E-state index is 13.5. The first-order valence-electron chi connectivity index (χ1n) is 12.2. The average Bonchev–Trinajstić information content (AvgIpc) is 3.43. The number of aryl methyl sites for hydroxylation is 1. The zero-order chi connectivity index (χ0) is 24.1. The first-order valence-corrected chi connectivity index (χ1v) is 12.2. The first-order chi connectivity index (χ1) is 16.4. The van der Waals surface area contributed by atoms with Crippen LogP contribution in [-0.2, 0) is 6.54 Å². The predicted octanol–water partition coefficient (Wildman–Crippen LogP) is 5.61. The third-order valence-corrected chi connectivity index (χ3v) is 6.58. The number of para-hydroxylation sites is 1. The molecule has 1 aromatic heterocycles. The van der Waals surface area contributed by atoms with Gasteiger partial charge in [-0.25, -0.2) is 0 Å². The molecule has 0 spiro atoms. The predicted molar refractivity (Wildman–Crippen MR) is 135 cm³/mol. The van der Waals surface area contributed by atoms with Gasteiger partial charge in [-0.3, -0.25) is 9.69 Å². The standard InChI is InChI=1S/C29H36N2O3/c1-21(2)16-31(29(32)23-10-6-5-7-11-23)18-24-17-30(19-25-15-14-22(3)34-25)20-27(24)26-12-8-9-13-28(26)33-4/h5-15,21,24,27H,16-20H2,1-4H3. The van der Waals surface area contributed by atoms with Crippen LogP contribution >= 0.6 is 0 Å². The molecule has 0 N–H and O–H groups in total. The molecule has 34 heavy (non-hydrogen) atoms. The molecule has 0 saturated carbocycles. The first kappa shape index (κ1) is 24.1. The van der Waals surface area contributed by atoms with Crippen molar-refractivity contribution in [2.45, 2.75) is 33.2 Å². The molecule has 5 nitrogen and oxygen atoms in total. The molecular formula is C29H36N2O3. The van der Waals surface area contributed by atoms with Crippen LogP contribution in [0.1, 0.15) is 47.2 Å². The second-order valence-electron chi connectivity index (χ2n) is 9.78. The number of furan rings is 1. The van der Waals surface area contributed by atoms with Gasteiger partial charge in [0.1, 0.15) is 17.3 Å². The number of hydrogen-bond acceptors (Lipinski definition) is 4. The van der Waals surface area contributed by atoms with Gasteiger partial charge in [0.05, 0.1) is 13.7 Å². The summed E-state index contributed by atoms with van der Waals surface area (Å²) in [6.07, 6.45) is 0. The zero-order valence-corrected chi connectivity index (χ0v) is 20.7. The minimum atomic E-state index is 0.105. The fourth-order valence-corrected chi connectivity index (χ4v) is 5.12. The van der Waals surface area contributed by atoms with Crippen LogP contribution < -0.4 is 4.74 Å². The van der Waals surface area contributed by atoms with Gasteiger partial charge in [-0.15, -0.1) is 0 Å². The Hall–Kier alpha value is -3.05. The Labute approximate surface area is 203 Å². The number of nitrogens with zero attached hydrogens (tertiary/aromatic N) is 2. The van der Waals surface area contributed by atoms with Gasteiger partial charge in [-0.05, 0) is 54.7 Å². The zero-order valence-electron chi connectivity index (χ0n) is 20.7. The van der Waals surface area contributed by atoms with Crippen LogP contribution in [0.4, 0.5) is 0 Å². The average molecular weight is 461 g/mol. The molecule has 1 saturated heterocycles. The lowest BCUT2D eigenvalue weighted by atomic mass is 9.87. The molecule has 1 amide bonds. The quantitative estimate of drug-likeness (QED) is 0.416. The summed E-state index contributed by atoms with van der Waals surface area (Å²) in [5, 5.41) is 0. The molecule has 2 atom stereocenters. The van der Waals surface area contributed by atoms with E-state index >= 15 is 0 Å². The Bertz CT molecular complexity index is 1080. The Balaban J connectivity index is 1.61. The third kappa shape index (κ3) is 5.71. The molecular weight excluding hydrogens is 424 g/mol. The molecule has 0 aliphatic carbocycles. The van der Waals surface area contributed by atoms with E-state index in [-0.39, 0.29) is 11.8 Å². The van der Waals surface area contributed by atoms with E-state index in [9.17, 15) is 4.79 Å². The Morgan fingerprint density at radius 1 is 1.06 bits per heavy atom. The summed E-state index contributed by atoms with van der Waals surface area (Å²) < 4.78 is 11.6. The number of hydrogen-bond donors (Lipinski definition) is 0. The fraction of sp³-hybridized carbons (Fsp3) is 0.414. The van der Waals surface area contributed by atoms with E-state index in [1.807, 2.05) is 60.4 Å². The number of methoxy groups -OCH3 is 1. The lowest BCUT2D eigenvalue weighted by Gasteiger charge is -2.30. The summed E-state index contributed by atoms with van der Waals surface area (Å²) in [4.78, 5) is 18.0. The molecule has 4 rings (SSSR count). The van der Waals surface area contributed by atoms with Gasteiger partial charge in [0, 0.05) is 37.7 Å². The van der Waals surface area contributed by atoms with E-state index < -0.39 is 0 Å². The van der Waals surface area contributed by atoms with Crippen LogP contribution in [-0.4, -0.2) is 49.0 Å². The molecule has 1 fully saturated rings. The second-order valence-corrected chi connectivity index (χ2v) is 9.78. The minimum absolute atomic E-state index is 0.105. The van der Waals surface area contributed by atoms with Gasteiger partial charge >= 0.3 is 0 Å². The summed E-state index contributed by atoms with van der Waals surface area (Å²) in [6, 6.07) is 22.0. The van der Waals surface area contributed by atoms with Crippen LogP contribution in [0.15, 0.2) is 71.1 Å². The summed E-state index contributed by atoms with van der Waals surface area (Å²) >= 11 is 0. The van der Waals surface area contributed by atoms with Crippen molar-refractivity contribution in [3.8, 4) is 5.75 Å². The number of ether oxygens (including phenoxy) is 1. The number of amides is 1. The van der Waals surface area contributed by atoms with Gasteiger partial charge < -0.3 is 14.1 Å². The molecule has 0 bridgehead atoms. The summed E-state index contributed by atoms with van der Waals surface area (Å²) in [7, 11) is 1.73. The van der Waals surface area contributed by atoms with Crippen LogP contribution in [0, 0.1) is 18.8 Å². The molecule has 2 heterocycles. The van der Waals surface area contributed by atoms with Crippen molar-refractivity contribution < 1.29 is 13.9 Å². The van der Waals surface area contributed by atoms with Crippen molar-refractivity contribution in [2.24, 2.45) is 11.8 Å². The number of rotatable bonds is 9. The van der Waals surface area contributed by atoms with Gasteiger partial charge in [0.15, 0.2) is 0 Å². The minimum Gasteiger partial charge on any atom is -0.496 e. The van der Waals surface area contributed by atoms with Gasteiger partial charge in [-0.2, -0.15) is 0 Å². The number of carbonyl (C=O) groups excluding carboxylic acids is 1. The van der Waals surface area contributed by atoms with Crippen LogP contribution in [0.3, 0.4) is 0 Å². The molecule has 1 aliphatic rings. The van der Waals surface area contributed by atoms with Gasteiger partial charge in [0.2, 0.25) is 0 Å². The van der Waals surface area contributed by atoms with E-state index in [1.165, 1.54) is 5.56 Å². The molecule has 2 unspecified atom stereocenters. The topological polar surface area (TPSA) is 45.9 Å². The van der Waals surface area contributed by atoms with Crippen LogP contribution in [0.2, 0.25) is 0 Å². The van der Waals surface area contributed by atoms with Gasteiger partial charge in [-0.1, -0.05) is 50.2 Å². The summed E-state index contributed by atoms with van der Waals surface area (Å²) in [6.45, 7) is 10.3. The number of likely N-dealkylation sites (tertiary alicyclic amines) is 1. The third-order valence-electron chi connectivity index (χ3n) is 6.58. The van der Waals surface area contributed by atoms with E-state index in [0.717, 1.165) is 49.0 Å². The van der Waals surface area contributed by atoms with E-state index in [4.69, 9.17) is 9.15 Å². The molecule has 5 heteroatoms. The second kappa shape index (κ2) is 10.9. The van der Waals surface area contributed by atoms with E-state index in [1.54, 1.807) is 7.11 Å². The van der Waals surface area contributed by atoms with Crippen molar-refractivity contribution in [1.82, 2.24) is 9.80 Å². The van der Waals surface area contributed by atoms with Crippen LogP contribution in [0.5, 0.6) is 5.75 Å². The highest BCUT2D eigenvalue weighted by Gasteiger charge is 2.37. The van der Waals surface area contributed by atoms with E-state index in [2.05, 4.69) is 36.9 Å². The maximum absolute atomic E-state index is 13.5. The monoisotopic (exact) mass is 460 g/mol. The Kier molecular flexibility index (Phi) is 7.73. The lowest BCUT2D eigenvalue weighted by Crippen LogP contribution is -2.39. The Morgan fingerprint density at radius 2 is 1.79 bits per heavy atom. The molecule has 1 aliphatic heterocycles. The van der Waals surface area contributed by atoms with Crippen LogP contribution in [0.25, 0.3) is 0 Å². The van der Waals surface area contributed by atoms with Gasteiger partial charge in [0.25, 0.3) is 5.91 Å². The maximum Gasteiger partial charge on any atom is 0.253 e. The molecule has 3 aromatic rings. The van der Waals surface area contributed by atoms with Crippen molar-refractivity contribution in [2.75, 3.05) is 33.3 Å². The highest BCUT2D eigenvalue weighted by Crippen LogP contribution is 2.38. The highest BCUT2D eigenvalue weighted by atomic mass is 16.5. The Morgan fingerprint density at radius 3 is 2.47 bits per heavy atom. The number of benzene rings is 2. The van der Waals surface area contributed by atoms with Crippen molar-refractivity contribution in [1.29, 1.82) is 0 Å². The molecule has 180 valence electrons. The fourth-order valence-electron chi connectivity index (χ4n) is 5.12. The number of carbonyl (C=O) groups is 1. The SMILES string of the molecule is COc1ccccc1C1CN(Cc2ccc(C)o2)CC1CN(CC(C)C)C(=O)c1ccccc1. The summed E-state index contributed by atoms with van der Waals surface area (Å²) in [5.41, 5.74) is 1.96. The molecule has 2 aromatic carbocycles. The van der Waals surface area contributed by atoms with Crippen molar-refractivity contribution in [3.05, 3.63) is 89.4 Å². The van der Waals surface area contributed by atoms with Crippen molar-refractivity contribution in [3.63, 3.8) is 0 Å². The smallest absolute Gasteiger partial charge is 0.253 e. The summed E-state index contributed by atoms with van der Waals surface area (Å²) in [5.74, 6) is 3.89. The highest BCUT2D eigenvalue weighted by molar-refractivity contribution is 5.94. The normalized spacial score (nSPS) is 18.4. The molecule has 0 radical (unpaired) electrons. The van der Waals surface area contributed by atoms with E-state index in [0.29, 0.717) is 18.4 Å².